The molecule has 4 heteroatoms. The molecule has 0 fully saturated rings. The number of halogens is 1. The van der Waals surface area contributed by atoms with Crippen molar-refractivity contribution in [2.75, 3.05) is 0 Å². The van der Waals surface area contributed by atoms with Gasteiger partial charge in [-0.05, 0) is 34.5 Å². The van der Waals surface area contributed by atoms with Crippen molar-refractivity contribution in [3.8, 4) is 5.69 Å². The smallest absolute Gasteiger partial charge is 0.0764 e. The lowest BCUT2D eigenvalue weighted by molar-refractivity contribution is 0.884. The van der Waals surface area contributed by atoms with Crippen LogP contribution in [0.4, 0.5) is 0 Å². The highest BCUT2D eigenvalue weighted by Gasteiger charge is 1.99. The van der Waals surface area contributed by atoms with Crippen LogP contribution in [0, 0.1) is 6.92 Å². The van der Waals surface area contributed by atoms with E-state index >= 15 is 0 Å². The van der Waals surface area contributed by atoms with Crippen molar-refractivity contribution in [3.63, 3.8) is 0 Å². The van der Waals surface area contributed by atoms with Crippen LogP contribution in [0.5, 0.6) is 0 Å². The fraction of sp³-hybridized carbons (Fsp3) is 0.125. The maximum Gasteiger partial charge on any atom is 0.0764 e. The van der Waals surface area contributed by atoms with Crippen molar-refractivity contribution in [3.05, 3.63) is 33.2 Å². The van der Waals surface area contributed by atoms with Gasteiger partial charge >= 0.3 is 0 Å². The fourth-order valence-electron chi connectivity index (χ4n) is 0.975. The van der Waals surface area contributed by atoms with E-state index in [1.807, 2.05) is 24.0 Å². The molecule has 0 radical (unpaired) electrons. The predicted octanol–water partition coefficient (Wildman–Crippen LogP) is 3.00. The average Bonchev–Trinajstić information content (AvgIpc) is 2.58. The summed E-state index contributed by atoms with van der Waals surface area (Å²) in [6.45, 7) is 2.03. The third-order valence-corrected chi connectivity index (χ3v) is 3.02. The largest absolute Gasteiger partial charge is 0.240 e. The number of aromatic nitrogens is 2. The summed E-state index contributed by atoms with van der Waals surface area (Å²) in [5, 5.41) is 6.27. The molecule has 0 aliphatic carbocycles. The van der Waals surface area contributed by atoms with Gasteiger partial charge in [0.05, 0.1) is 15.7 Å². The summed E-state index contributed by atoms with van der Waals surface area (Å²) in [5.74, 6) is 0. The molecule has 0 aliphatic heterocycles. The second-order valence-corrected chi connectivity index (χ2v) is 4.86. The first kappa shape index (κ1) is 8.01. The highest BCUT2D eigenvalue weighted by Crippen LogP contribution is 2.23. The zero-order valence-electron chi connectivity index (χ0n) is 6.49. The van der Waals surface area contributed by atoms with Crippen LogP contribution in [0.3, 0.4) is 0 Å². The van der Waals surface area contributed by atoms with E-state index in [-0.39, 0.29) is 0 Å². The van der Waals surface area contributed by atoms with Gasteiger partial charge in [0.1, 0.15) is 0 Å². The number of hydrogen-bond acceptors (Lipinski definition) is 2. The van der Waals surface area contributed by atoms with E-state index in [4.69, 9.17) is 0 Å². The van der Waals surface area contributed by atoms with Crippen molar-refractivity contribution in [1.29, 1.82) is 0 Å². The van der Waals surface area contributed by atoms with Crippen LogP contribution in [-0.4, -0.2) is 9.78 Å². The molecule has 2 nitrogen and oxygen atoms in total. The van der Waals surface area contributed by atoms with Gasteiger partial charge in [-0.1, -0.05) is 0 Å². The van der Waals surface area contributed by atoms with Gasteiger partial charge in [0.2, 0.25) is 0 Å². The fourth-order valence-corrected chi connectivity index (χ4v) is 2.09. The Bertz CT molecular complexity index is 353. The van der Waals surface area contributed by atoms with Gasteiger partial charge in [-0.15, -0.1) is 11.3 Å². The molecule has 2 aromatic heterocycles. The topological polar surface area (TPSA) is 17.8 Å². The minimum atomic E-state index is 1.11. The first-order valence-electron chi connectivity index (χ1n) is 3.51. The van der Waals surface area contributed by atoms with E-state index in [0.717, 1.165) is 9.47 Å². The molecule has 0 N–H and O–H groups in total. The Hall–Kier alpha value is -0.610. The molecule has 12 heavy (non-hydrogen) atoms. The lowest BCUT2D eigenvalue weighted by atomic mass is 10.4. The maximum absolute atomic E-state index is 4.20. The molecule has 0 unspecified atom stereocenters. The van der Waals surface area contributed by atoms with Crippen LogP contribution < -0.4 is 0 Å². The monoisotopic (exact) mass is 242 g/mol. The summed E-state index contributed by atoms with van der Waals surface area (Å²) in [7, 11) is 0. The van der Waals surface area contributed by atoms with Crippen molar-refractivity contribution in [2.24, 2.45) is 0 Å². The van der Waals surface area contributed by atoms with Crippen molar-refractivity contribution in [1.82, 2.24) is 9.78 Å². The van der Waals surface area contributed by atoms with E-state index in [1.54, 1.807) is 11.3 Å². The average molecular weight is 243 g/mol. The second kappa shape index (κ2) is 3.03. The number of rotatable bonds is 1. The van der Waals surface area contributed by atoms with Gasteiger partial charge in [-0.3, -0.25) is 0 Å². The number of nitrogens with zero attached hydrogens (tertiary/aromatic N) is 2. The Balaban J connectivity index is 2.43. The van der Waals surface area contributed by atoms with Crippen molar-refractivity contribution < 1.29 is 0 Å². The molecule has 0 spiro atoms. The van der Waals surface area contributed by atoms with E-state index < -0.39 is 0 Å². The third-order valence-electron chi connectivity index (χ3n) is 1.53. The summed E-state index contributed by atoms with van der Waals surface area (Å²) < 4.78 is 3.00. The predicted molar refractivity (Wildman–Crippen MR) is 53.9 cm³/mol. The maximum atomic E-state index is 4.20. The molecule has 0 aromatic carbocycles. The quantitative estimate of drug-likeness (QED) is 0.752. The standard InChI is InChI=1S/C8H7BrN2S/c1-6-3-10-11(4-6)7-2-8(9)12-5-7/h2-5H,1H3. The molecular formula is C8H7BrN2S. The van der Waals surface area contributed by atoms with Gasteiger partial charge in [0.15, 0.2) is 0 Å². The van der Waals surface area contributed by atoms with Gasteiger partial charge in [0, 0.05) is 11.6 Å². The van der Waals surface area contributed by atoms with Crippen LogP contribution >= 0.6 is 27.3 Å². The summed E-state index contributed by atoms with van der Waals surface area (Å²) in [6, 6.07) is 2.05. The van der Waals surface area contributed by atoms with Crippen LogP contribution in [0.15, 0.2) is 27.6 Å². The number of hydrogen-bond donors (Lipinski definition) is 0. The second-order valence-electron chi connectivity index (χ2n) is 2.57. The van der Waals surface area contributed by atoms with E-state index in [2.05, 4.69) is 32.5 Å². The Kier molecular flexibility index (Phi) is 2.02. The molecule has 0 bridgehead atoms. The molecule has 2 rings (SSSR count). The normalized spacial score (nSPS) is 10.5. The Morgan fingerprint density at radius 3 is 2.92 bits per heavy atom. The van der Waals surface area contributed by atoms with Crippen LogP contribution in [-0.2, 0) is 0 Å². The minimum Gasteiger partial charge on any atom is -0.240 e. The molecular weight excluding hydrogens is 236 g/mol. The summed E-state index contributed by atoms with van der Waals surface area (Å²) in [5.41, 5.74) is 2.29. The number of thiophene rings is 1. The number of aryl methyl sites for hydroxylation is 1. The van der Waals surface area contributed by atoms with Crippen LogP contribution in [0.2, 0.25) is 0 Å². The first-order valence-corrected chi connectivity index (χ1v) is 5.18. The third kappa shape index (κ3) is 1.44. The molecule has 0 aliphatic rings. The lowest BCUT2D eigenvalue weighted by Gasteiger charge is -1.92. The minimum absolute atomic E-state index is 1.11. The van der Waals surface area contributed by atoms with Crippen LogP contribution in [0.25, 0.3) is 5.69 Å². The highest BCUT2D eigenvalue weighted by molar-refractivity contribution is 9.11. The van der Waals surface area contributed by atoms with Gasteiger partial charge in [-0.2, -0.15) is 5.10 Å². The van der Waals surface area contributed by atoms with Gasteiger partial charge < -0.3 is 0 Å². The van der Waals surface area contributed by atoms with E-state index in [0.29, 0.717) is 0 Å². The zero-order valence-corrected chi connectivity index (χ0v) is 8.89. The molecule has 0 amide bonds. The molecule has 0 atom stereocenters. The molecule has 2 aromatic rings. The van der Waals surface area contributed by atoms with Crippen LogP contribution in [0.1, 0.15) is 5.56 Å². The molecule has 2 heterocycles. The van der Waals surface area contributed by atoms with E-state index in [9.17, 15) is 0 Å². The van der Waals surface area contributed by atoms with Crippen molar-refractivity contribution >= 4 is 27.3 Å². The summed E-state index contributed by atoms with van der Waals surface area (Å²) >= 11 is 5.08. The first-order chi connectivity index (χ1) is 5.75. The lowest BCUT2D eigenvalue weighted by Crippen LogP contribution is -1.90. The Morgan fingerprint density at radius 1 is 1.58 bits per heavy atom. The van der Waals surface area contributed by atoms with Gasteiger partial charge in [-0.25, -0.2) is 4.68 Å². The summed E-state index contributed by atoms with van der Waals surface area (Å²) in [4.78, 5) is 0. The highest BCUT2D eigenvalue weighted by atomic mass is 79.9. The Morgan fingerprint density at radius 2 is 2.42 bits per heavy atom. The Labute approximate surface area is 83.0 Å². The SMILES string of the molecule is Cc1cnn(-c2csc(Br)c2)c1. The van der Waals surface area contributed by atoms with Crippen molar-refractivity contribution in [2.45, 2.75) is 6.92 Å². The summed E-state index contributed by atoms with van der Waals surface area (Å²) in [6.07, 6.45) is 3.86. The van der Waals surface area contributed by atoms with E-state index in [1.165, 1.54) is 5.56 Å². The molecule has 0 saturated carbocycles. The molecule has 0 saturated heterocycles. The van der Waals surface area contributed by atoms with Gasteiger partial charge in [0.25, 0.3) is 0 Å². The zero-order chi connectivity index (χ0) is 8.55. The molecule has 62 valence electrons.